The minimum Gasteiger partial charge on any atom is -0.493 e. The monoisotopic (exact) mass is 520 g/mol. The van der Waals surface area contributed by atoms with Crippen molar-refractivity contribution in [3.05, 3.63) is 99.8 Å². The molecule has 3 aromatic carbocycles. The van der Waals surface area contributed by atoms with E-state index in [0.29, 0.717) is 18.1 Å². The third kappa shape index (κ3) is 6.89. The van der Waals surface area contributed by atoms with Crippen LogP contribution in [0.4, 0.5) is 0 Å². The van der Waals surface area contributed by atoms with Crippen LogP contribution in [0.1, 0.15) is 41.4 Å². The summed E-state index contributed by atoms with van der Waals surface area (Å²) >= 11 is 7.60. The summed E-state index contributed by atoms with van der Waals surface area (Å²) in [6.45, 7) is 4.66. The van der Waals surface area contributed by atoms with Gasteiger partial charge in [0.05, 0.1) is 13.3 Å². The van der Waals surface area contributed by atoms with Crippen LogP contribution in [0, 0.1) is 6.92 Å². The molecule has 0 N–H and O–H groups in total. The van der Waals surface area contributed by atoms with E-state index in [4.69, 9.17) is 26.2 Å². The molecule has 186 valence electrons. The van der Waals surface area contributed by atoms with Gasteiger partial charge in [0.2, 0.25) is 5.16 Å². The molecule has 4 aromatic rings. The van der Waals surface area contributed by atoms with Gasteiger partial charge in [-0.05, 0) is 60.4 Å². The van der Waals surface area contributed by atoms with Gasteiger partial charge >= 0.3 is 0 Å². The normalized spacial score (nSPS) is 11.2. The number of benzene rings is 3. The molecular formula is C28H29ClN4O2S. The van der Waals surface area contributed by atoms with E-state index in [-0.39, 0.29) is 0 Å². The highest BCUT2D eigenvalue weighted by atomic mass is 35.5. The number of aryl methyl sites for hydroxylation is 2. The van der Waals surface area contributed by atoms with Crippen molar-refractivity contribution in [2.75, 3.05) is 7.11 Å². The Kier molecular flexibility index (Phi) is 9.03. The van der Waals surface area contributed by atoms with Crippen LogP contribution in [0.2, 0.25) is 5.02 Å². The Morgan fingerprint density at radius 2 is 1.72 bits per heavy atom. The molecule has 1 aromatic heterocycles. The highest BCUT2D eigenvalue weighted by Gasteiger charge is 2.12. The van der Waals surface area contributed by atoms with Crippen LogP contribution >= 0.6 is 23.4 Å². The zero-order valence-corrected chi connectivity index (χ0v) is 22.2. The van der Waals surface area contributed by atoms with Crippen molar-refractivity contribution in [2.45, 2.75) is 44.2 Å². The average molecular weight is 521 g/mol. The van der Waals surface area contributed by atoms with Gasteiger partial charge in [0.1, 0.15) is 6.61 Å². The first-order valence-corrected chi connectivity index (χ1v) is 13.1. The molecule has 0 aliphatic heterocycles. The lowest BCUT2D eigenvalue weighted by Crippen LogP contribution is -2.01. The van der Waals surface area contributed by atoms with Crippen molar-refractivity contribution < 1.29 is 9.47 Å². The van der Waals surface area contributed by atoms with Crippen molar-refractivity contribution in [1.82, 2.24) is 14.9 Å². The predicted octanol–water partition coefficient (Wildman–Crippen LogP) is 6.95. The fraction of sp³-hybridized carbons (Fsp3) is 0.250. The summed E-state index contributed by atoms with van der Waals surface area (Å²) in [5.74, 6) is 2.92. The van der Waals surface area contributed by atoms with Gasteiger partial charge in [0.15, 0.2) is 17.3 Å². The first-order valence-electron chi connectivity index (χ1n) is 11.8. The highest BCUT2D eigenvalue weighted by molar-refractivity contribution is 7.98. The molecule has 0 aliphatic rings. The average Bonchev–Trinajstić information content (AvgIpc) is 3.28. The molecule has 36 heavy (non-hydrogen) atoms. The van der Waals surface area contributed by atoms with Gasteiger partial charge in [0, 0.05) is 17.2 Å². The molecular weight excluding hydrogens is 492 g/mol. The molecule has 0 aliphatic carbocycles. The zero-order chi connectivity index (χ0) is 25.3. The Balaban J connectivity index is 1.48. The van der Waals surface area contributed by atoms with Crippen LogP contribution in [0.3, 0.4) is 0 Å². The first kappa shape index (κ1) is 25.8. The van der Waals surface area contributed by atoms with Crippen LogP contribution in [0.5, 0.6) is 11.5 Å². The maximum Gasteiger partial charge on any atom is 0.212 e. The van der Waals surface area contributed by atoms with E-state index in [1.807, 2.05) is 47.1 Å². The summed E-state index contributed by atoms with van der Waals surface area (Å²) in [5, 5.41) is 14.9. The fourth-order valence-corrected chi connectivity index (χ4v) is 4.45. The van der Waals surface area contributed by atoms with Crippen LogP contribution < -0.4 is 9.47 Å². The van der Waals surface area contributed by atoms with Crippen molar-refractivity contribution in [3.8, 4) is 11.5 Å². The van der Waals surface area contributed by atoms with Gasteiger partial charge in [-0.15, -0.1) is 10.2 Å². The van der Waals surface area contributed by atoms with Gasteiger partial charge in [-0.3, -0.25) is 0 Å². The maximum absolute atomic E-state index is 6.00. The molecule has 0 amide bonds. The molecule has 0 bridgehead atoms. The van der Waals surface area contributed by atoms with Crippen LogP contribution in [0.15, 0.2) is 77.0 Å². The standard InChI is InChI=1S/C28H29ClN4O2S/c1-4-5-27-31-32-28(36-19-22-10-13-24(29)14-11-22)33(27)30-17-23-12-15-25(26(16-23)34-3)35-18-21-8-6-20(2)7-9-21/h6-17H,4-5,18-19H2,1-3H3/b30-17-. The van der Waals surface area contributed by atoms with E-state index in [9.17, 15) is 0 Å². The Bertz CT molecular complexity index is 1300. The lowest BCUT2D eigenvalue weighted by molar-refractivity contribution is 0.284. The minimum absolute atomic E-state index is 0.472. The van der Waals surface area contributed by atoms with E-state index >= 15 is 0 Å². The number of aromatic nitrogens is 3. The Hall–Kier alpha value is -3.29. The predicted molar refractivity (Wildman–Crippen MR) is 147 cm³/mol. The van der Waals surface area contributed by atoms with Gasteiger partial charge in [-0.1, -0.05) is 72.2 Å². The number of thioether (sulfide) groups is 1. The van der Waals surface area contributed by atoms with Crippen molar-refractivity contribution in [2.24, 2.45) is 5.10 Å². The number of methoxy groups -OCH3 is 1. The summed E-state index contributed by atoms with van der Waals surface area (Å²) in [5.41, 5.74) is 4.37. The summed E-state index contributed by atoms with van der Waals surface area (Å²) < 4.78 is 13.4. The molecule has 0 unspecified atom stereocenters. The number of rotatable bonds is 11. The summed E-state index contributed by atoms with van der Waals surface area (Å²) in [6, 6.07) is 21.9. The van der Waals surface area contributed by atoms with E-state index in [1.165, 1.54) is 5.56 Å². The van der Waals surface area contributed by atoms with Crippen LogP contribution in [-0.4, -0.2) is 28.2 Å². The van der Waals surface area contributed by atoms with Crippen molar-refractivity contribution in [1.29, 1.82) is 0 Å². The molecule has 0 radical (unpaired) electrons. The van der Waals surface area contributed by atoms with Gasteiger partial charge in [-0.25, -0.2) is 0 Å². The lowest BCUT2D eigenvalue weighted by Gasteiger charge is -2.11. The summed E-state index contributed by atoms with van der Waals surface area (Å²) in [7, 11) is 1.64. The molecule has 1 heterocycles. The third-order valence-electron chi connectivity index (χ3n) is 5.46. The maximum atomic E-state index is 6.00. The van der Waals surface area contributed by atoms with Gasteiger partial charge in [0.25, 0.3) is 0 Å². The fourth-order valence-electron chi connectivity index (χ4n) is 3.46. The number of hydrogen-bond donors (Lipinski definition) is 0. The number of hydrogen-bond acceptors (Lipinski definition) is 6. The second-order valence-electron chi connectivity index (χ2n) is 8.30. The van der Waals surface area contributed by atoms with Gasteiger partial charge in [-0.2, -0.15) is 9.78 Å². The number of nitrogens with zero attached hydrogens (tertiary/aromatic N) is 4. The van der Waals surface area contributed by atoms with Crippen LogP contribution in [0.25, 0.3) is 0 Å². The molecule has 4 rings (SSSR count). The molecule has 0 atom stereocenters. The Morgan fingerprint density at radius 3 is 2.44 bits per heavy atom. The van der Waals surface area contributed by atoms with Crippen LogP contribution in [-0.2, 0) is 18.8 Å². The molecule has 6 nitrogen and oxygen atoms in total. The van der Waals surface area contributed by atoms with Gasteiger partial charge < -0.3 is 9.47 Å². The Labute approximate surface area is 221 Å². The minimum atomic E-state index is 0.472. The summed E-state index contributed by atoms with van der Waals surface area (Å²) in [6.07, 6.45) is 3.54. The highest BCUT2D eigenvalue weighted by Crippen LogP contribution is 2.29. The van der Waals surface area contributed by atoms with E-state index in [0.717, 1.165) is 51.3 Å². The molecule has 8 heteroatoms. The molecule has 0 saturated heterocycles. The number of halogens is 1. The summed E-state index contributed by atoms with van der Waals surface area (Å²) in [4.78, 5) is 0. The van der Waals surface area contributed by atoms with E-state index in [2.05, 4.69) is 48.3 Å². The molecule has 0 saturated carbocycles. The van der Waals surface area contributed by atoms with E-state index < -0.39 is 0 Å². The number of ether oxygens (including phenoxy) is 2. The molecule has 0 fully saturated rings. The van der Waals surface area contributed by atoms with Crippen molar-refractivity contribution >= 4 is 29.6 Å². The SMILES string of the molecule is CCCc1nnc(SCc2ccc(Cl)cc2)n1/N=C\c1ccc(OCc2ccc(C)cc2)c(OC)c1. The second-order valence-corrected chi connectivity index (χ2v) is 9.68. The topological polar surface area (TPSA) is 61.5 Å². The Morgan fingerprint density at radius 1 is 0.972 bits per heavy atom. The lowest BCUT2D eigenvalue weighted by atomic mass is 10.2. The van der Waals surface area contributed by atoms with E-state index in [1.54, 1.807) is 25.1 Å². The first-order chi connectivity index (χ1) is 17.6. The smallest absolute Gasteiger partial charge is 0.212 e. The molecule has 0 spiro atoms. The van der Waals surface area contributed by atoms with Crippen molar-refractivity contribution in [3.63, 3.8) is 0 Å². The largest absolute Gasteiger partial charge is 0.493 e. The third-order valence-corrected chi connectivity index (χ3v) is 6.70. The zero-order valence-electron chi connectivity index (χ0n) is 20.6. The second kappa shape index (κ2) is 12.6. The quantitative estimate of drug-likeness (QED) is 0.158.